The number of rotatable bonds is 3. The maximum absolute atomic E-state index is 12.3. The summed E-state index contributed by atoms with van der Waals surface area (Å²) in [6, 6.07) is 13.0. The highest BCUT2D eigenvalue weighted by molar-refractivity contribution is 6.05. The van der Waals surface area contributed by atoms with E-state index in [9.17, 15) is 4.79 Å². The summed E-state index contributed by atoms with van der Waals surface area (Å²) in [6.45, 7) is 1.94. The molecule has 104 valence electrons. The van der Waals surface area contributed by atoms with Gasteiger partial charge in [0.05, 0.1) is 0 Å². The number of carbonyl (C=O) groups excluding carboxylic acids is 1. The van der Waals surface area contributed by atoms with Crippen LogP contribution < -0.4 is 16.0 Å². The third kappa shape index (κ3) is 3.09. The molecule has 2 rings (SSSR count). The van der Waals surface area contributed by atoms with Crippen molar-refractivity contribution in [3.05, 3.63) is 53.6 Å². The van der Waals surface area contributed by atoms with Crippen molar-refractivity contribution in [3.63, 3.8) is 0 Å². The fourth-order valence-corrected chi connectivity index (χ4v) is 1.89. The van der Waals surface area contributed by atoms with Crippen LogP contribution in [0.15, 0.2) is 42.5 Å². The zero-order chi connectivity index (χ0) is 14.7. The van der Waals surface area contributed by atoms with Crippen LogP contribution in [0.2, 0.25) is 0 Å². The van der Waals surface area contributed by atoms with E-state index in [1.54, 1.807) is 12.1 Å². The predicted molar refractivity (Wildman–Crippen MR) is 84.3 cm³/mol. The molecule has 0 saturated carbocycles. The molecule has 2 aromatic carbocycles. The van der Waals surface area contributed by atoms with Gasteiger partial charge in [0.25, 0.3) is 5.91 Å². The fraction of sp³-hybridized carbons (Fsp3) is 0.188. The van der Waals surface area contributed by atoms with Crippen LogP contribution in [-0.2, 0) is 0 Å². The van der Waals surface area contributed by atoms with Crippen LogP contribution in [-0.4, -0.2) is 20.0 Å². The van der Waals surface area contributed by atoms with Crippen LogP contribution in [0.4, 0.5) is 17.1 Å². The molecule has 0 bridgehead atoms. The van der Waals surface area contributed by atoms with Crippen LogP contribution in [0, 0.1) is 6.92 Å². The lowest BCUT2D eigenvalue weighted by molar-refractivity contribution is 0.102. The number of aryl methyl sites for hydroxylation is 1. The lowest BCUT2D eigenvalue weighted by atomic mass is 10.1. The van der Waals surface area contributed by atoms with E-state index in [1.165, 1.54) is 0 Å². The Kier molecular flexibility index (Phi) is 3.94. The minimum atomic E-state index is -0.137. The van der Waals surface area contributed by atoms with Gasteiger partial charge >= 0.3 is 0 Å². The van der Waals surface area contributed by atoms with Gasteiger partial charge in [-0.25, -0.2) is 0 Å². The molecule has 0 aliphatic rings. The van der Waals surface area contributed by atoms with Gasteiger partial charge in [-0.05, 0) is 42.8 Å². The van der Waals surface area contributed by atoms with E-state index in [0.717, 1.165) is 16.9 Å². The Morgan fingerprint density at radius 2 is 1.90 bits per heavy atom. The van der Waals surface area contributed by atoms with Crippen molar-refractivity contribution in [2.75, 3.05) is 30.0 Å². The lowest BCUT2D eigenvalue weighted by Gasteiger charge is -2.14. The number of anilines is 3. The van der Waals surface area contributed by atoms with E-state index < -0.39 is 0 Å². The van der Waals surface area contributed by atoms with E-state index in [0.29, 0.717) is 11.3 Å². The van der Waals surface area contributed by atoms with Gasteiger partial charge in [0, 0.05) is 36.7 Å². The molecule has 0 saturated heterocycles. The summed E-state index contributed by atoms with van der Waals surface area (Å²) < 4.78 is 0. The molecule has 3 N–H and O–H groups in total. The van der Waals surface area contributed by atoms with Crippen molar-refractivity contribution < 1.29 is 4.79 Å². The van der Waals surface area contributed by atoms with Crippen LogP contribution in [0.25, 0.3) is 0 Å². The molecule has 0 aliphatic carbocycles. The van der Waals surface area contributed by atoms with Gasteiger partial charge < -0.3 is 16.0 Å². The average Bonchev–Trinajstić information content (AvgIpc) is 2.43. The van der Waals surface area contributed by atoms with Crippen LogP contribution in [0.5, 0.6) is 0 Å². The number of nitrogens with zero attached hydrogens (tertiary/aromatic N) is 1. The van der Waals surface area contributed by atoms with E-state index in [1.807, 2.05) is 56.3 Å². The standard InChI is InChI=1S/C16H19N3O/c1-11-7-8-13(17)10-15(11)18-16(20)12-5-4-6-14(9-12)19(2)3/h4-10H,17H2,1-3H3,(H,18,20). The molecule has 0 aromatic heterocycles. The molecule has 0 radical (unpaired) electrons. The second-order valence-corrected chi connectivity index (χ2v) is 4.97. The van der Waals surface area contributed by atoms with Crippen molar-refractivity contribution >= 4 is 23.0 Å². The Bertz CT molecular complexity index is 635. The molecule has 20 heavy (non-hydrogen) atoms. The summed E-state index contributed by atoms with van der Waals surface area (Å²) in [5.74, 6) is -0.137. The summed E-state index contributed by atoms with van der Waals surface area (Å²) in [7, 11) is 3.89. The van der Waals surface area contributed by atoms with Gasteiger partial charge in [0.2, 0.25) is 0 Å². The SMILES string of the molecule is Cc1ccc(N)cc1NC(=O)c1cccc(N(C)C)c1. The number of benzene rings is 2. The number of nitrogen functional groups attached to an aromatic ring is 1. The van der Waals surface area contributed by atoms with E-state index in [2.05, 4.69) is 5.32 Å². The number of nitrogens with one attached hydrogen (secondary N) is 1. The predicted octanol–water partition coefficient (Wildman–Crippen LogP) is 2.90. The third-order valence-electron chi connectivity index (χ3n) is 3.13. The minimum Gasteiger partial charge on any atom is -0.399 e. The molecule has 4 heteroatoms. The first kappa shape index (κ1) is 13.9. The first-order valence-corrected chi connectivity index (χ1v) is 6.42. The molecule has 0 aliphatic heterocycles. The maximum Gasteiger partial charge on any atom is 0.255 e. The molecular weight excluding hydrogens is 250 g/mol. The zero-order valence-corrected chi connectivity index (χ0v) is 12.0. The normalized spacial score (nSPS) is 10.2. The van der Waals surface area contributed by atoms with Crippen molar-refractivity contribution in [3.8, 4) is 0 Å². The van der Waals surface area contributed by atoms with Gasteiger partial charge in [-0.3, -0.25) is 4.79 Å². The molecule has 0 heterocycles. The third-order valence-corrected chi connectivity index (χ3v) is 3.13. The number of amides is 1. The van der Waals surface area contributed by atoms with E-state index in [-0.39, 0.29) is 5.91 Å². The first-order chi connectivity index (χ1) is 9.47. The van der Waals surface area contributed by atoms with Crippen molar-refractivity contribution in [2.24, 2.45) is 0 Å². The van der Waals surface area contributed by atoms with Crippen LogP contribution >= 0.6 is 0 Å². The van der Waals surface area contributed by atoms with Gasteiger partial charge in [0.1, 0.15) is 0 Å². The summed E-state index contributed by atoms with van der Waals surface area (Å²) in [6.07, 6.45) is 0. The molecule has 0 fully saturated rings. The monoisotopic (exact) mass is 269 g/mol. The van der Waals surface area contributed by atoms with Crippen LogP contribution in [0.3, 0.4) is 0 Å². The van der Waals surface area contributed by atoms with Crippen molar-refractivity contribution in [1.29, 1.82) is 0 Å². The van der Waals surface area contributed by atoms with E-state index >= 15 is 0 Å². The van der Waals surface area contributed by atoms with E-state index in [4.69, 9.17) is 5.73 Å². The minimum absolute atomic E-state index is 0.137. The molecule has 0 unspecified atom stereocenters. The Hall–Kier alpha value is -2.49. The second-order valence-electron chi connectivity index (χ2n) is 4.97. The maximum atomic E-state index is 12.3. The van der Waals surface area contributed by atoms with Crippen molar-refractivity contribution in [2.45, 2.75) is 6.92 Å². The second kappa shape index (κ2) is 5.65. The summed E-state index contributed by atoms with van der Waals surface area (Å²) >= 11 is 0. The Balaban J connectivity index is 2.24. The Morgan fingerprint density at radius 1 is 1.15 bits per heavy atom. The molecule has 0 spiro atoms. The highest BCUT2D eigenvalue weighted by Gasteiger charge is 2.09. The molecular formula is C16H19N3O. The lowest BCUT2D eigenvalue weighted by Crippen LogP contribution is -2.15. The largest absolute Gasteiger partial charge is 0.399 e. The van der Waals surface area contributed by atoms with Gasteiger partial charge in [0.15, 0.2) is 0 Å². The van der Waals surface area contributed by atoms with Crippen LogP contribution in [0.1, 0.15) is 15.9 Å². The first-order valence-electron chi connectivity index (χ1n) is 6.42. The number of hydrogen-bond acceptors (Lipinski definition) is 3. The highest BCUT2D eigenvalue weighted by atomic mass is 16.1. The molecule has 4 nitrogen and oxygen atoms in total. The number of nitrogens with two attached hydrogens (primary N) is 1. The quantitative estimate of drug-likeness (QED) is 0.842. The average molecular weight is 269 g/mol. The van der Waals surface area contributed by atoms with Gasteiger partial charge in [-0.15, -0.1) is 0 Å². The molecule has 0 atom stereocenters. The number of hydrogen-bond donors (Lipinski definition) is 2. The Labute approximate surface area is 119 Å². The fourth-order valence-electron chi connectivity index (χ4n) is 1.89. The molecule has 2 aromatic rings. The topological polar surface area (TPSA) is 58.4 Å². The van der Waals surface area contributed by atoms with Gasteiger partial charge in [-0.1, -0.05) is 12.1 Å². The highest BCUT2D eigenvalue weighted by Crippen LogP contribution is 2.20. The molecule has 1 amide bonds. The zero-order valence-electron chi connectivity index (χ0n) is 12.0. The summed E-state index contributed by atoms with van der Waals surface area (Å²) in [4.78, 5) is 14.2. The summed E-state index contributed by atoms with van der Waals surface area (Å²) in [5.41, 5.74) is 9.71. The number of carbonyl (C=O) groups is 1. The van der Waals surface area contributed by atoms with Gasteiger partial charge in [-0.2, -0.15) is 0 Å². The smallest absolute Gasteiger partial charge is 0.255 e. The summed E-state index contributed by atoms with van der Waals surface area (Å²) in [5, 5.41) is 2.90. The Morgan fingerprint density at radius 3 is 2.60 bits per heavy atom. The van der Waals surface area contributed by atoms with Crippen molar-refractivity contribution in [1.82, 2.24) is 0 Å².